The highest BCUT2D eigenvalue weighted by Crippen LogP contribution is 2.32. The molecule has 0 aliphatic heterocycles. The van der Waals surface area contributed by atoms with Crippen LogP contribution in [-0.4, -0.2) is 38.4 Å². The van der Waals surface area contributed by atoms with Gasteiger partial charge >= 0.3 is 6.18 Å². The molecule has 3 aromatic rings. The second-order valence-corrected chi connectivity index (χ2v) is 6.91. The lowest BCUT2D eigenvalue weighted by atomic mass is 10.2. The van der Waals surface area contributed by atoms with Crippen molar-refractivity contribution in [3.8, 4) is 16.4 Å². The Labute approximate surface area is 162 Å². The number of aromatic nitrogens is 3. The molecule has 2 heterocycles. The van der Waals surface area contributed by atoms with Crippen molar-refractivity contribution in [2.45, 2.75) is 25.6 Å². The molecule has 6 nitrogen and oxygen atoms in total. The van der Waals surface area contributed by atoms with Crippen LogP contribution in [0.3, 0.4) is 0 Å². The maximum atomic E-state index is 13.1. The average molecular weight is 410 g/mol. The van der Waals surface area contributed by atoms with E-state index in [1.54, 1.807) is 24.4 Å². The summed E-state index contributed by atoms with van der Waals surface area (Å²) in [5.74, 6) is -0.534. The molecule has 2 N–H and O–H groups in total. The molecule has 1 aromatic carbocycles. The quantitative estimate of drug-likeness (QED) is 0.652. The largest absolute Gasteiger partial charge is 0.416 e. The summed E-state index contributed by atoms with van der Waals surface area (Å²) in [6.45, 7) is 1.56. The van der Waals surface area contributed by atoms with Gasteiger partial charge in [0.1, 0.15) is 0 Å². The molecule has 148 valence electrons. The van der Waals surface area contributed by atoms with E-state index in [1.807, 2.05) is 0 Å². The summed E-state index contributed by atoms with van der Waals surface area (Å²) in [5.41, 5.74) is -0.686. The van der Waals surface area contributed by atoms with Crippen LogP contribution >= 0.6 is 11.3 Å². The number of thiophene rings is 1. The molecular weight excluding hydrogens is 393 g/mol. The average Bonchev–Trinajstić information content (AvgIpc) is 3.34. The predicted molar refractivity (Wildman–Crippen MR) is 98.3 cm³/mol. The monoisotopic (exact) mass is 410 g/mol. The van der Waals surface area contributed by atoms with Crippen LogP contribution in [0.5, 0.6) is 0 Å². The van der Waals surface area contributed by atoms with E-state index in [0.29, 0.717) is 11.3 Å². The number of hydrogen-bond acceptors (Lipinski definition) is 5. The molecule has 0 fully saturated rings. The second kappa shape index (κ2) is 8.11. The zero-order valence-corrected chi connectivity index (χ0v) is 15.6. The molecule has 28 heavy (non-hydrogen) atoms. The Morgan fingerprint density at radius 1 is 1.32 bits per heavy atom. The first-order valence-corrected chi connectivity index (χ1v) is 9.31. The Morgan fingerprint density at radius 3 is 2.71 bits per heavy atom. The number of aliphatic hydroxyl groups is 1. The molecule has 2 aromatic heterocycles. The Bertz CT molecular complexity index is 950. The van der Waals surface area contributed by atoms with E-state index >= 15 is 0 Å². The summed E-state index contributed by atoms with van der Waals surface area (Å²) in [6.07, 6.45) is -4.00. The molecule has 0 spiro atoms. The minimum absolute atomic E-state index is 0.138. The number of carbonyl (C=O) groups is 1. The van der Waals surface area contributed by atoms with E-state index in [2.05, 4.69) is 15.4 Å². The first-order valence-electron chi connectivity index (χ1n) is 8.43. The Balaban J connectivity index is 2.05. The van der Waals surface area contributed by atoms with Crippen molar-refractivity contribution in [2.24, 2.45) is 0 Å². The Kier molecular flexibility index (Phi) is 5.80. The molecule has 0 bridgehead atoms. The first kappa shape index (κ1) is 20.0. The van der Waals surface area contributed by atoms with Crippen molar-refractivity contribution in [1.29, 1.82) is 0 Å². The van der Waals surface area contributed by atoms with Gasteiger partial charge in [0.25, 0.3) is 5.91 Å². The fourth-order valence-corrected chi connectivity index (χ4v) is 3.19. The fourth-order valence-electron chi connectivity index (χ4n) is 2.49. The standard InChI is InChI=1S/C18H17F3N4O2S/c1-2-12(10-26)22-17(27)15-23-16(14-7-4-8-28-14)25(24-15)13-6-3-5-11(9-13)18(19,20)21/h3-9,12,26H,2,10H2,1H3,(H,22,27). The molecule has 0 saturated heterocycles. The van der Waals surface area contributed by atoms with Crippen LogP contribution in [0, 0.1) is 0 Å². The van der Waals surface area contributed by atoms with Crippen LogP contribution in [0.4, 0.5) is 13.2 Å². The zero-order chi connectivity index (χ0) is 20.3. The van der Waals surface area contributed by atoms with Gasteiger partial charge in [-0.1, -0.05) is 19.1 Å². The summed E-state index contributed by atoms with van der Waals surface area (Å²) in [4.78, 5) is 17.3. The molecular formula is C18H17F3N4O2S. The van der Waals surface area contributed by atoms with Gasteiger partial charge in [0, 0.05) is 0 Å². The highest BCUT2D eigenvalue weighted by molar-refractivity contribution is 7.13. The molecule has 10 heteroatoms. The van der Waals surface area contributed by atoms with E-state index in [4.69, 9.17) is 0 Å². The number of hydrogen-bond donors (Lipinski definition) is 2. The third-order valence-electron chi connectivity index (χ3n) is 4.02. The van der Waals surface area contributed by atoms with Crippen molar-refractivity contribution >= 4 is 17.2 Å². The third-order valence-corrected chi connectivity index (χ3v) is 4.88. The minimum Gasteiger partial charge on any atom is -0.394 e. The highest BCUT2D eigenvalue weighted by Gasteiger charge is 2.31. The van der Waals surface area contributed by atoms with Crippen LogP contribution in [0.15, 0.2) is 41.8 Å². The number of benzene rings is 1. The van der Waals surface area contributed by atoms with Crippen molar-refractivity contribution in [2.75, 3.05) is 6.61 Å². The smallest absolute Gasteiger partial charge is 0.394 e. The first-order chi connectivity index (χ1) is 13.3. The maximum Gasteiger partial charge on any atom is 0.416 e. The van der Waals surface area contributed by atoms with Gasteiger partial charge < -0.3 is 10.4 Å². The minimum atomic E-state index is -4.50. The Morgan fingerprint density at radius 2 is 2.11 bits per heavy atom. The molecule has 1 atom stereocenters. The van der Waals surface area contributed by atoms with Crippen molar-refractivity contribution in [3.05, 3.63) is 53.2 Å². The summed E-state index contributed by atoms with van der Waals surface area (Å²) in [5, 5.41) is 17.8. The summed E-state index contributed by atoms with van der Waals surface area (Å²) >= 11 is 1.33. The van der Waals surface area contributed by atoms with Crippen LogP contribution in [-0.2, 0) is 6.18 Å². The summed E-state index contributed by atoms with van der Waals surface area (Å²) in [6, 6.07) is 7.70. The highest BCUT2D eigenvalue weighted by atomic mass is 32.1. The van der Waals surface area contributed by atoms with Gasteiger partial charge in [0.15, 0.2) is 5.82 Å². The maximum absolute atomic E-state index is 13.1. The Hall–Kier alpha value is -2.72. The van der Waals surface area contributed by atoms with E-state index < -0.39 is 23.7 Å². The van der Waals surface area contributed by atoms with Gasteiger partial charge in [-0.3, -0.25) is 4.79 Å². The fraction of sp³-hybridized carbons (Fsp3) is 0.278. The number of halogens is 3. The number of aliphatic hydroxyl groups excluding tert-OH is 1. The number of carbonyl (C=O) groups excluding carboxylic acids is 1. The zero-order valence-electron chi connectivity index (χ0n) is 14.8. The van der Waals surface area contributed by atoms with Crippen LogP contribution in [0.1, 0.15) is 29.5 Å². The van der Waals surface area contributed by atoms with Gasteiger partial charge in [-0.15, -0.1) is 16.4 Å². The van der Waals surface area contributed by atoms with Crippen LogP contribution in [0.25, 0.3) is 16.4 Å². The summed E-state index contributed by atoms with van der Waals surface area (Å²) in [7, 11) is 0. The van der Waals surface area contributed by atoms with Gasteiger partial charge in [-0.2, -0.15) is 13.2 Å². The van der Waals surface area contributed by atoms with Crippen molar-refractivity contribution < 1.29 is 23.1 Å². The second-order valence-electron chi connectivity index (χ2n) is 5.96. The summed E-state index contributed by atoms with van der Waals surface area (Å²) < 4.78 is 40.5. The lowest BCUT2D eigenvalue weighted by Crippen LogP contribution is -2.37. The van der Waals surface area contributed by atoms with Crippen molar-refractivity contribution in [1.82, 2.24) is 20.1 Å². The van der Waals surface area contributed by atoms with E-state index in [0.717, 1.165) is 12.1 Å². The third kappa shape index (κ3) is 4.23. The number of nitrogens with one attached hydrogen (secondary N) is 1. The normalized spacial score (nSPS) is 12.8. The number of rotatable bonds is 6. The van der Waals surface area contributed by atoms with Gasteiger partial charge in [0.05, 0.1) is 28.8 Å². The van der Waals surface area contributed by atoms with Crippen LogP contribution in [0.2, 0.25) is 0 Å². The predicted octanol–water partition coefficient (Wildman–Crippen LogP) is 3.52. The topological polar surface area (TPSA) is 80.0 Å². The number of nitrogens with zero attached hydrogens (tertiary/aromatic N) is 3. The van der Waals surface area contributed by atoms with Gasteiger partial charge in [0.2, 0.25) is 5.82 Å². The molecule has 0 radical (unpaired) electrons. The number of amides is 1. The van der Waals surface area contributed by atoms with E-state index in [-0.39, 0.29) is 23.9 Å². The van der Waals surface area contributed by atoms with E-state index in [1.165, 1.54) is 28.2 Å². The SMILES string of the molecule is CCC(CO)NC(=O)c1nc(-c2cccs2)n(-c2cccc(C(F)(F)F)c2)n1. The molecule has 0 aliphatic rings. The van der Waals surface area contributed by atoms with Crippen molar-refractivity contribution in [3.63, 3.8) is 0 Å². The molecule has 3 rings (SSSR count). The number of alkyl halides is 3. The molecule has 1 amide bonds. The van der Waals surface area contributed by atoms with Gasteiger partial charge in [-0.05, 0) is 36.1 Å². The van der Waals surface area contributed by atoms with Crippen LogP contribution < -0.4 is 5.32 Å². The lowest BCUT2D eigenvalue weighted by Gasteiger charge is -2.12. The molecule has 1 unspecified atom stereocenters. The molecule has 0 aliphatic carbocycles. The van der Waals surface area contributed by atoms with Gasteiger partial charge in [-0.25, -0.2) is 9.67 Å². The molecule has 0 saturated carbocycles. The van der Waals surface area contributed by atoms with E-state index in [9.17, 15) is 23.1 Å². The lowest BCUT2D eigenvalue weighted by molar-refractivity contribution is -0.137.